The largest absolute Gasteiger partial charge is 0.389 e. The van der Waals surface area contributed by atoms with Crippen LogP contribution in [0.3, 0.4) is 0 Å². The number of amides is 6. The third-order valence-corrected chi connectivity index (χ3v) is 11.7. The Morgan fingerprint density at radius 3 is 2.34 bits per heavy atom. The first-order valence-corrected chi connectivity index (χ1v) is 21.7. The monoisotopic (exact) mass is 864 g/mol. The van der Waals surface area contributed by atoms with E-state index in [0.717, 1.165) is 29.4 Å². The highest BCUT2D eigenvalue weighted by Crippen LogP contribution is 2.24. The van der Waals surface area contributed by atoms with Gasteiger partial charge < -0.3 is 46.9 Å². The van der Waals surface area contributed by atoms with Gasteiger partial charge in [-0.1, -0.05) is 24.6 Å². The number of aliphatic hydroxyl groups excluding tert-OH is 1. The molecule has 0 radical (unpaired) electrons. The van der Waals surface area contributed by atoms with E-state index in [1.54, 1.807) is 0 Å². The number of nitrogens with two attached hydrogens (primary N) is 1. The number of nitrogens with one attached hydrogen (secondary N) is 5. The van der Waals surface area contributed by atoms with E-state index in [2.05, 4.69) is 26.3 Å². The molecule has 2 saturated heterocycles. The second-order valence-corrected chi connectivity index (χ2v) is 16.8. The second-order valence-electron chi connectivity index (χ2n) is 16.8. The number of para-hydroxylation sites is 1. The van der Waals surface area contributed by atoms with Gasteiger partial charge in [0, 0.05) is 67.7 Å². The Labute approximate surface area is 362 Å². The molecule has 2 aromatic rings. The number of carbonyl (C=O) groups is 9. The van der Waals surface area contributed by atoms with Gasteiger partial charge in [0.2, 0.25) is 35.4 Å². The molecule has 340 valence electrons. The average Bonchev–Trinajstić information content (AvgIpc) is 3.90. The molecule has 18 nitrogen and oxygen atoms in total. The number of aromatic amines is 1. The van der Waals surface area contributed by atoms with Gasteiger partial charge in [-0.05, 0) is 90.6 Å². The molecule has 0 spiro atoms. The van der Waals surface area contributed by atoms with Crippen molar-refractivity contribution in [2.24, 2.45) is 17.6 Å². The average molecular weight is 865 g/mol. The highest BCUT2D eigenvalue weighted by molar-refractivity contribution is 5.98. The Kier molecular flexibility index (Phi) is 19.2. The van der Waals surface area contributed by atoms with Gasteiger partial charge >= 0.3 is 0 Å². The van der Waals surface area contributed by atoms with E-state index in [9.17, 15) is 48.3 Å². The van der Waals surface area contributed by atoms with E-state index in [0.29, 0.717) is 38.5 Å². The lowest BCUT2D eigenvalue weighted by Crippen LogP contribution is -2.55. The molecule has 2 aliphatic heterocycles. The summed E-state index contributed by atoms with van der Waals surface area (Å²) in [6.07, 6.45) is 3.59. The number of rotatable bonds is 12. The van der Waals surface area contributed by atoms with Crippen molar-refractivity contribution in [2.75, 3.05) is 40.3 Å². The van der Waals surface area contributed by atoms with Crippen LogP contribution in [-0.2, 0) is 49.6 Å². The van der Waals surface area contributed by atoms with Crippen molar-refractivity contribution in [2.45, 2.75) is 121 Å². The molecule has 18 heteroatoms. The SMILES string of the molecule is C[C@@H]1NC(=O)C[C@@H](C(=O)N2CCC[C@H]2C(N)=O)NC(=O)[C@@H](CC(=O)CO)CCCCNC(=O)[C@H](Cc2c[nH]c3ccccc23)CC(=O)[C@H](CCCCN(C)C)NC(=O)CCC1=O. The number of fused-ring (bicyclic) bond motifs is 1. The zero-order chi connectivity index (χ0) is 45.3. The number of aliphatic hydroxyl groups is 1. The van der Waals surface area contributed by atoms with Crippen LogP contribution in [0.25, 0.3) is 10.9 Å². The summed E-state index contributed by atoms with van der Waals surface area (Å²) in [7, 11) is 3.87. The smallest absolute Gasteiger partial charge is 0.246 e. The molecule has 1 aromatic heterocycles. The highest BCUT2D eigenvalue weighted by atomic mass is 16.3. The second kappa shape index (κ2) is 24.2. The van der Waals surface area contributed by atoms with Gasteiger partial charge in [-0.2, -0.15) is 0 Å². The first kappa shape index (κ1) is 49.2. The molecule has 0 aliphatic carbocycles. The summed E-state index contributed by atoms with van der Waals surface area (Å²) in [5.74, 6) is -7.19. The summed E-state index contributed by atoms with van der Waals surface area (Å²) in [6, 6.07) is 3.14. The van der Waals surface area contributed by atoms with E-state index in [1.165, 1.54) is 11.8 Å². The molecule has 4 rings (SSSR count). The Bertz CT molecular complexity index is 1930. The number of primary amides is 1. The number of benzene rings is 1. The van der Waals surface area contributed by atoms with Crippen LogP contribution in [0.2, 0.25) is 0 Å². The van der Waals surface area contributed by atoms with Crippen molar-refractivity contribution in [3.8, 4) is 0 Å². The third-order valence-electron chi connectivity index (χ3n) is 11.7. The predicted octanol–water partition coefficient (Wildman–Crippen LogP) is 0.576. The lowest BCUT2D eigenvalue weighted by Gasteiger charge is -2.29. The van der Waals surface area contributed by atoms with E-state index < -0.39 is 90.1 Å². The molecular weight excluding hydrogens is 801 g/mol. The minimum Gasteiger partial charge on any atom is -0.389 e. The summed E-state index contributed by atoms with van der Waals surface area (Å²) in [4.78, 5) is 127. The minimum absolute atomic E-state index is 0.117. The van der Waals surface area contributed by atoms with Crippen LogP contribution in [0.1, 0.15) is 96.0 Å². The normalized spacial score (nSPS) is 24.6. The van der Waals surface area contributed by atoms with Crippen LogP contribution < -0.4 is 27.0 Å². The molecule has 62 heavy (non-hydrogen) atoms. The fourth-order valence-electron chi connectivity index (χ4n) is 8.14. The van der Waals surface area contributed by atoms with Crippen molar-refractivity contribution in [3.63, 3.8) is 0 Å². The number of carbonyl (C=O) groups excluding carboxylic acids is 9. The molecule has 2 fully saturated rings. The highest BCUT2D eigenvalue weighted by Gasteiger charge is 2.39. The molecule has 2 aliphatic rings. The van der Waals surface area contributed by atoms with Crippen LogP contribution in [0, 0.1) is 11.8 Å². The van der Waals surface area contributed by atoms with E-state index in [1.807, 2.05) is 49.5 Å². The Morgan fingerprint density at radius 1 is 0.855 bits per heavy atom. The topological polar surface area (TPSA) is 270 Å². The first-order valence-electron chi connectivity index (χ1n) is 21.7. The van der Waals surface area contributed by atoms with Gasteiger partial charge in [0.05, 0.1) is 18.5 Å². The van der Waals surface area contributed by atoms with Crippen molar-refractivity contribution >= 4 is 63.7 Å². The lowest BCUT2D eigenvalue weighted by molar-refractivity contribution is -0.143. The maximum Gasteiger partial charge on any atom is 0.246 e. The molecule has 0 unspecified atom stereocenters. The molecule has 3 heterocycles. The molecule has 1 aromatic carbocycles. The summed E-state index contributed by atoms with van der Waals surface area (Å²) in [5.41, 5.74) is 7.27. The van der Waals surface area contributed by atoms with Gasteiger partial charge in [0.25, 0.3) is 0 Å². The van der Waals surface area contributed by atoms with Gasteiger partial charge in [0.15, 0.2) is 17.3 Å². The molecular formula is C44H64N8O10. The predicted molar refractivity (Wildman–Crippen MR) is 229 cm³/mol. The Morgan fingerprint density at radius 2 is 1.61 bits per heavy atom. The Hall–Kier alpha value is -5.49. The molecule has 6 atom stereocenters. The van der Waals surface area contributed by atoms with Crippen LogP contribution in [0.4, 0.5) is 0 Å². The van der Waals surface area contributed by atoms with Crippen LogP contribution in [0.5, 0.6) is 0 Å². The first-order chi connectivity index (χ1) is 29.6. The fourth-order valence-corrected chi connectivity index (χ4v) is 8.14. The zero-order valence-electron chi connectivity index (χ0n) is 36.2. The lowest BCUT2D eigenvalue weighted by atomic mass is 9.89. The van der Waals surface area contributed by atoms with Gasteiger partial charge in [0.1, 0.15) is 18.7 Å². The number of likely N-dealkylation sites (tertiary alicyclic amines) is 1. The summed E-state index contributed by atoms with van der Waals surface area (Å²) in [5, 5.41) is 21.3. The van der Waals surface area contributed by atoms with E-state index in [4.69, 9.17) is 5.73 Å². The number of H-pyrrole nitrogens is 1. The molecule has 0 bridgehead atoms. The third kappa shape index (κ3) is 14.9. The quantitative estimate of drug-likeness (QED) is 0.145. The maximum absolute atomic E-state index is 14.1. The van der Waals surface area contributed by atoms with Crippen LogP contribution >= 0.6 is 0 Å². The minimum atomic E-state index is -1.50. The molecule has 8 N–H and O–H groups in total. The number of unbranched alkanes of at least 4 members (excludes halogenated alkanes) is 1. The van der Waals surface area contributed by atoms with Crippen LogP contribution in [-0.4, -0.2) is 137 Å². The molecule has 0 saturated carbocycles. The summed E-state index contributed by atoms with van der Waals surface area (Å²) < 4.78 is 0. The number of ketones is 3. The van der Waals surface area contributed by atoms with Crippen molar-refractivity contribution in [3.05, 3.63) is 36.0 Å². The van der Waals surface area contributed by atoms with Crippen molar-refractivity contribution in [1.82, 2.24) is 36.1 Å². The number of hydrogen-bond acceptors (Lipinski definition) is 11. The van der Waals surface area contributed by atoms with Crippen molar-refractivity contribution < 1.29 is 48.3 Å². The number of nitrogens with zero attached hydrogens (tertiary/aromatic N) is 2. The zero-order valence-corrected chi connectivity index (χ0v) is 36.2. The van der Waals surface area contributed by atoms with Gasteiger partial charge in [-0.25, -0.2) is 0 Å². The number of Topliss-reactive ketones (excluding diaryl/α,β-unsaturated/α-hetero) is 3. The van der Waals surface area contributed by atoms with Crippen LogP contribution in [0.15, 0.2) is 30.5 Å². The molecule has 6 amide bonds. The standard InChI is InChI=1S/C44H64N8O10/c1-27-37(55)16-17-39(57)49-34(14-7-9-19-51(2)3)38(56)23-29(21-30-25-47-33-13-5-4-12-32(30)33)42(60)46-18-8-6-11-28(22-31(54)26-53)43(61)50-35(24-40(58)48-27)44(62)52-20-10-15-36(52)41(45)59/h4-5,12-13,25,27-29,34-36,47,53H,6-11,14-24,26H2,1-3H3,(H2,45,59)(H,46,60)(H,48,58)(H,49,57)(H,50,61)/t27-,28+,29+,34-,35-,36-/m0/s1. The van der Waals surface area contributed by atoms with Crippen molar-refractivity contribution in [1.29, 1.82) is 0 Å². The summed E-state index contributed by atoms with van der Waals surface area (Å²) in [6.45, 7) is 1.69. The van der Waals surface area contributed by atoms with Gasteiger partial charge in [-0.3, -0.25) is 43.2 Å². The number of aromatic nitrogens is 1. The van der Waals surface area contributed by atoms with E-state index >= 15 is 0 Å². The Balaban J connectivity index is 1.62. The fraction of sp³-hybridized carbons (Fsp3) is 0.614. The van der Waals surface area contributed by atoms with Gasteiger partial charge in [-0.15, -0.1) is 0 Å². The van der Waals surface area contributed by atoms with E-state index in [-0.39, 0.29) is 63.3 Å². The summed E-state index contributed by atoms with van der Waals surface area (Å²) >= 11 is 0. The maximum atomic E-state index is 14.1. The number of hydrogen-bond donors (Lipinski definition) is 7.